The summed E-state index contributed by atoms with van der Waals surface area (Å²) in [4.78, 5) is 2.53. The standard InChI is InChI=1S/C14H31N3/c1-12(2)14(3,4)11-16-7-10-17-8-5-13(15)6-9-17/h12-13,16H,5-11,15H2,1-4H3. The van der Waals surface area contributed by atoms with Gasteiger partial charge in [0, 0.05) is 25.7 Å². The van der Waals surface area contributed by atoms with Gasteiger partial charge in [-0.1, -0.05) is 27.7 Å². The van der Waals surface area contributed by atoms with Gasteiger partial charge in [-0.2, -0.15) is 0 Å². The Balaban J connectivity index is 2.08. The zero-order chi connectivity index (χ0) is 12.9. The van der Waals surface area contributed by atoms with Gasteiger partial charge in [-0.25, -0.2) is 0 Å². The van der Waals surface area contributed by atoms with Crippen molar-refractivity contribution in [2.75, 3.05) is 32.7 Å². The summed E-state index contributed by atoms with van der Waals surface area (Å²) in [6, 6.07) is 0.444. The van der Waals surface area contributed by atoms with Gasteiger partial charge in [-0.15, -0.1) is 0 Å². The molecular weight excluding hydrogens is 210 g/mol. The van der Waals surface area contributed by atoms with Crippen LogP contribution in [0.25, 0.3) is 0 Å². The Hall–Kier alpha value is -0.120. The van der Waals surface area contributed by atoms with Gasteiger partial charge in [-0.05, 0) is 37.3 Å². The molecule has 1 heterocycles. The normalized spacial score (nSPS) is 20.1. The summed E-state index contributed by atoms with van der Waals surface area (Å²) in [5.74, 6) is 0.725. The molecule has 3 nitrogen and oxygen atoms in total. The fraction of sp³-hybridized carbons (Fsp3) is 1.00. The van der Waals surface area contributed by atoms with Crippen LogP contribution in [0.2, 0.25) is 0 Å². The van der Waals surface area contributed by atoms with E-state index < -0.39 is 0 Å². The zero-order valence-corrected chi connectivity index (χ0v) is 12.1. The molecule has 3 heteroatoms. The maximum atomic E-state index is 5.90. The quantitative estimate of drug-likeness (QED) is 0.695. The minimum absolute atomic E-state index is 0.393. The third-order valence-corrected chi connectivity index (χ3v) is 4.38. The van der Waals surface area contributed by atoms with Crippen molar-refractivity contribution in [2.24, 2.45) is 17.1 Å². The monoisotopic (exact) mass is 241 g/mol. The van der Waals surface area contributed by atoms with Crippen LogP contribution in [-0.2, 0) is 0 Å². The first-order chi connectivity index (χ1) is 7.92. The largest absolute Gasteiger partial charge is 0.328 e. The summed E-state index contributed by atoms with van der Waals surface area (Å²) in [5.41, 5.74) is 6.29. The highest BCUT2D eigenvalue weighted by molar-refractivity contribution is 4.77. The molecule has 1 saturated heterocycles. The lowest BCUT2D eigenvalue weighted by atomic mass is 9.81. The minimum Gasteiger partial charge on any atom is -0.328 e. The van der Waals surface area contributed by atoms with Crippen LogP contribution in [0, 0.1) is 11.3 Å². The SMILES string of the molecule is CC(C)C(C)(C)CNCCN1CCC(N)CC1. The van der Waals surface area contributed by atoms with Crippen LogP contribution in [0.3, 0.4) is 0 Å². The molecule has 3 N–H and O–H groups in total. The van der Waals surface area contributed by atoms with Crippen LogP contribution in [0.1, 0.15) is 40.5 Å². The van der Waals surface area contributed by atoms with Crippen molar-refractivity contribution < 1.29 is 0 Å². The molecule has 0 unspecified atom stereocenters. The minimum atomic E-state index is 0.393. The Morgan fingerprint density at radius 3 is 2.41 bits per heavy atom. The van der Waals surface area contributed by atoms with Gasteiger partial charge >= 0.3 is 0 Å². The maximum Gasteiger partial charge on any atom is 0.0107 e. The van der Waals surface area contributed by atoms with Gasteiger partial charge in [0.15, 0.2) is 0 Å². The summed E-state index contributed by atoms with van der Waals surface area (Å²) in [5, 5.41) is 3.59. The molecule has 0 atom stereocenters. The number of nitrogens with zero attached hydrogens (tertiary/aromatic N) is 1. The predicted molar refractivity (Wildman–Crippen MR) is 75.1 cm³/mol. The molecule has 0 bridgehead atoms. The number of nitrogens with two attached hydrogens (primary N) is 1. The summed E-state index contributed by atoms with van der Waals surface area (Å²) < 4.78 is 0. The predicted octanol–water partition coefficient (Wildman–Crippen LogP) is 1.68. The summed E-state index contributed by atoms with van der Waals surface area (Å²) in [6.45, 7) is 15.0. The Morgan fingerprint density at radius 1 is 1.29 bits per heavy atom. The van der Waals surface area contributed by atoms with E-state index in [0.29, 0.717) is 11.5 Å². The first-order valence-corrected chi connectivity index (χ1v) is 7.10. The zero-order valence-electron chi connectivity index (χ0n) is 12.1. The fourth-order valence-corrected chi connectivity index (χ4v) is 2.03. The Bertz CT molecular complexity index is 206. The Morgan fingerprint density at radius 2 is 1.88 bits per heavy atom. The van der Waals surface area contributed by atoms with Crippen molar-refractivity contribution in [1.82, 2.24) is 10.2 Å². The second kappa shape index (κ2) is 6.72. The summed E-state index contributed by atoms with van der Waals surface area (Å²) in [7, 11) is 0. The molecule has 0 radical (unpaired) electrons. The highest BCUT2D eigenvalue weighted by Crippen LogP contribution is 2.24. The lowest BCUT2D eigenvalue weighted by Gasteiger charge is -2.32. The molecule has 0 saturated carbocycles. The summed E-state index contributed by atoms with van der Waals surface area (Å²) >= 11 is 0. The van der Waals surface area contributed by atoms with E-state index in [0.717, 1.165) is 31.8 Å². The lowest BCUT2D eigenvalue weighted by Crippen LogP contribution is -2.43. The van der Waals surface area contributed by atoms with Crippen molar-refractivity contribution in [3.8, 4) is 0 Å². The van der Waals surface area contributed by atoms with E-state index in [2.05, 4.69) is 37.9 Å². The number of rotatable bonds is 6. The average molecular weight is 241 g/mol. The van der Waals surface area contributed by atoms with E-state index in [9.17, 15) is 0 Å². The number of nitrogens with one attached hydrogen (secondary N) is 1. The molecule has 0 aliphatic carbocycles. The molecular formula is C14H31N3. The van der Waals surface area contributed by atoms with Crippen LogP contribution in [0.15, 0.2) is 0 Å². The van der Waals surface area contributed by atoms with Crippen molar-refractivity contribution in [1.29, 1.82) is 0 Å². The maximum absolute atomic E-state index is 5.90. The molecule has 17 heavy (non-hydrogen) atoms. The van der Waals surface area contributed by atoms with Crippen molar-refractivity contribution in [2.45, 2.75) is 46.6 Å². The van der Waals surface area contributed by atoms with Crippen LogP contribution < -0.4 is 11.1 Å². The number of likely N-dealkylation sites (tertiary alicyclic amines) is 1. The lowest BCUT2D eigenvalue weighted by molar-refractivity contribution is 0.200. The average Bonchev–Trinajstić information content (AvgIpc) is 2.26. The molecule has 1 aliphatic heterocycles. The molecule has 0 spiro atoms. The molecule has 1 aliphatic rings. The Kier molecular flexibility index (Phi) is 5.90. The smallest absolute Gasteiger partial charge is 0.0107 e. The van der Waals surface area contributed by atoms with Crippen LogP contribution in [0.5, 0.6) is 0 Å². The van der Waals surface area contributed by atoms with E-state index in [-0.39, 0.29) is 0 Å². The number of hydrogen-bond acceptors (Lipinski definition) is 3. The molecule has 0 aromatic rings. The van der Waals surface area contributed by atoms with E-state index in [1.165, 1.54) is 19.6 Å². The molecule has 1 fully saturated rings. The molecule has 0 aromatic heterocycles. The van der Waals surface area contributed by atoms with Gasteiger partial charge in [0.2, 0.25) is 0 Å². The van der Waals surface area contributed by atoms with Gasteiger partial charge in [0.1, 0.15) is 0 Å². The molecule has 102 valence electrons. The van der Waals surface area contributed by atoms with E-state index in [1.54, 1.807) is 0 Å². The van der Waals surface area contributed by atoms with E-state index in [1.807, 2.05) is 0 Å². The van der Waals surface area contributed by atoms with Crippen LogP contribution >= 0.6 is 0 Å². The first kappa shape index (κ1) is 14.9. The van der Waals surface area contributed by atoms with Gasteiger partial charge < -0.3 is 16.0 Å². The van der Waals surface area contributed by atoms with Crippen molar-refractivity contribution >= 4 is 0 Å². The highest BCUT2D eigenvalue weighted by atomic mass is 15.1. The fourth-order valence-electron chi connectivity index (χ4n) is 2.03. The summed E-state index contributed by atoms with van der Waals surface area (Å²) in [6.07, 6.45) is 2.33. The number of piperidine rings is 1. The van der Waals surface area contributed by atoms with Gasteiger partial charge in [-0.3, -0.25) is 0 Å². The van der Waals surface area contributed by atoms with Crippen molar-refractivity contribution in [3.63, 3.8) is 0 Å². The molecule has 0 amide bonds. The second-order valence-electron chi connectivity index (χ2n) is 6.50. The Labute approximate surface area is 107 Å². The molecule has 0 aromatic carbocycles. The van der Waals surface area contributed by atoms with Gasteiger partial charge in [0.25, 0.3) is 0 Å². The molecule has 1 rings (SSSR count). The number of hydrogen-bond donors (Lipinski definition) is 2. The van der Waals surface area contributed by atoms with Crippen molar-refractivity contribution in [3.05, 3.63) is 0 Å². The van der Waals surface area contributed by atoms with Crippen LogP contribution in [-0.4, -0.2) is 43.7 Å². The van der Waals surface area contributed by atoms with E-state index >= 15 is 0 Å². The van der Waals surface area contributed by atoms with E-state index in [4.69, 9.17) is 5.73 Å². The topological polar surface area (TPSA) is 41.3 Å². The second-order valence-corrected chi connectivity index (χ2v) is 6.50. The third kappa shape index (κ3) is 5.36. The third-order valence-electron chi connectivity index (χ3n) is 4.38. The first-order valence-electron chi connectivity index (χ1n) is 7.10. The van der Waals surface area contributed by atoms with Crippen LogP contribution in [0.4, 0.5) is 0 Å². The highest BCUT2D eigenvalue weighted by Gasteiger charge is 2.21. The van der Waals surface area contributed by atoms with Gasteiger partial charge in [0.05, 0.1) is 0 Å².